The molecule has 1 aliphatic heterocycles. The standard InChI is InChI=1S/C6H9As2.C5H5.2ClH.Zr/c1-4-5(2)7-8-6(4)3;1-2-4-5-3-1;;;/h1-3H3;1-3H,4H2;2*1H;/q2*-1;;;+2. The van der Waals surface area contributed by atoms with Crippen molar-refractivity contribution in [3.05, 3.63) is 38.9 Å². The average molecular weight is 460 g/mol. The molecule has 0 spiro atoms. The van der Waals surface area contributed by atoms with Crippen LogP contribution in [0.2, 0.25) is 0 Å². The van der Waals surface area contributed by atoms with Gasteiger partial charge in [-0.2, -0.15) is 6.08 Å². The fourth-order valence-electron chi connectivity index (χ4n) is 0.902. The van der Waals surface area contributed by atoms with E-state index in [1.165, 1.54) is 0 Å². The summed E-state index contributed by atoms with van der Waals surface area (Å²) < 4.78 is 3.44. The van der Waals surface area contributed by atoms with Crippen LogP contribution in [0.3, 0.4) is 0 Å². The molecule has 5 heteroatoms. The van der Waals surface area contributed by atoms with Crippen molar-refractivity contribution in [3.63, 3.8) is 0 Å². The Morgan fingerprint density at radius 3 is 2.06 bits per heavy atom. The molecule has 88 valence electrons. The van der Waals surface area contributed by atoms with Gasteiger partial charge in [-0.15, -0.1) is 31.2 Å². The van der Waals surface area contributed by atoms with Gasteiger partial charge in [0.25, 0.3) is 0 Å². The number of allylic oxidation sites excluding steroid dienone is 6. The van der Waals surface area contributed by atoms with Crippen molar-refractivity contribution in [2.75, 3.05) is 0 Å². The maximum atomic E-state index is 2.99. The molecule has 16 heavy (non-hydrogen) atoms. The second-order valence-electron chi connectivity index (χ2n) is 3.00. The molecule has 0 aromatic heterocycles. The Labute approximate surface area is 142 Å². The van der Waals surface area contributed by atoms with Gasteiger partial charge < -0.3 is 0 Å². The van der Waals surface area contributed by atoms with E-state index in [-0.39, 0.29) is 51.0 Å². The Kier molecular flexibility index (Phi) is 18.7. The molecule has 0 aromatic carbocycles. The van der Waals surface area contributed by atoms with Crippen molar-refractivity contribution in [1.29, 1.82) is 0 Å². The molecule has 0 unspecified atom stereocenters. The van der Waals surface area contributed by atoms with Gasteiger partial charge in [0.15, 0.2) is 0 Å². The van der Waals surface area contributed by atoms with Crippen LogP contribution >= 0.6 is 24.8 Å². The topological polar surface area (TPSA) is 0 Å². The molecule has 0 saturated carbocycles. The Balaban J connectivity index is -0.000000189. The van der Waals surface area contributed by atoms with E-state index in [2.05, 4.69) is 32.9 Å². The molecule has 2 aliphatic rings. The summed E-state index contributed by atoms with van der Waals surface area (Å²) in [5.41, 5.74) is 1.63. The molecule has 0 saturated heterocycles. The predicted octanol–water partition coefficient (Wildman–Crippen LogP) is 3.32. The van der Waals surface area contributed by atoms with Crippen LogP contribution in [0.4, 0.5) is 0 Å². The summed E-state index contributed by atoms with van der Waals surface area (Å²) in [5.74, 6) is 0. The van der Waals surface area contributed by atoms with E-state index in [4.69, 9.17) is 0 Å². The first kappa shape index (κ1) is 22.8. The first-order chi connectivity index (χ1) is 6.22. The van der Waals surface area contributed by atoms with Crippen LogP contribution in [0.15, 0.2) is 28.2 Å². The zero-order valence-corrected chi connectivity index (χ0v) is 17.5. The first-order valence-electron chi connectivity index (χ1n) is 4.36. The molecule has 0 amide bonds. The minimum atomic E-state index is 0. The Hall–Kier alpha value is 1.67. The van der Waals surface area contributed by atoms with Gasteiger partial charge in [-0.1, -0.05) is 0 Å². The first-order valence-corrected chi connectivity index (χ1v) is 11.4. The predicted molar refractivity (Wildman–Crippen MR) is 74.9 cm³/mol. The van der Waals surface area contributed by atoms with Crippen molar-refractivity contribution in [1.82, 2.24) is 0 Å². The van der Waals surface area contributed by atoms with E-state index in [0.29, 0.717) is 26.3 Å². The van der Waals surface area contributed by atoms with Crippen LogP contribution in [0.25, 0.3) is 0 Å². The van der Waals surface area contributed by atoms with Crippen LogP contribution in [0.1, 0.15) is 27.2 Å². The third kappa shape index (κ3) is 8.72. The normalized spacial score (nSPS) is 16.8. The van der Waals surface area contributed by atoms with E-state index < -0.39 is 0 Å². The number of halogens is 2. The third-order valence-electron chi connectivity index (χ3n) is 2.02. The quantitative estimate of drug-likeness (QED) is 0.385. The van der Waals surface area contributed by atoms with Crippen LogP contribution in [0.5, 0.6) is 0 Å². The molecule has 0 bridgehead atoms. The van der Waals surface area contributed by atoms with E-state index in [1.807, 2.05) is 12.2 Å². The fraction of sp³-hybridized carbons (Fsp3) is 0.364. The van der Waals surface area contributed by atoms with Gasteiger partial charge in [0.05, 0.1) is 0 Å². The third-order valence-corrected chi connectivity index (χ3v) is 12.5. The summed E-state index contributed by atoms with van der Waals surface area (Å²) in [6.07, 6.45) is 10.0. The number of hydrogen-bond acceptors (Lipinski definition) is 0. The molecule has 0 aromatic rings. The summed E-state index contributed by atoms with van der Waals surface area (Å²) in [4.78, 5) is 0. The number of rotatable bonds is 0. The summed E-state index contributed by atoms with van der Waals surface area (Å²) in [6.45, 7) is 6.85. The van der Waals surface area contributed by atoms with Crippen molar-refractivity contribution in [2.45, 2.75) is 27.2 Å². The van der Waals surface area contributed by atoms with Crippen molar-refractivity contribution < 1.29 is 26.2 Å². The van der Waals surface area contributed by atoms with E-state index in [9.17, 15) is 0 Å². The van der Waals surface area contributed by atoms with Gasteiger partial charge >= 0.3 is 87.9 Å². The number of hydrogen-bond donors (Lipinski definition) is 0. The summed E-state index contributed by atoms with van der Waals surface area (Å²) >= 11 is 1.33. The van der Waals surface area contributed by atoms with Gasteiger partial charge in [-0.3, -0.25) is 6.08 Å². The van der Waals surface area contributed by atoms with Crippen LogP contribution in [-0.2, 0) is 26.2 Å². The molecule has 0 radical (unpaired) electrons. The zero-order valence-electron chi connectivity index (χ0n) is 9.65. The molecule has 1 heterocycles. The molecule has 2 rings (SSSR count). The van der Waals surface area contributed by atoms with Gasteiger partial charge in [0, 0.05) is 0 Å². The maximum Gasteiger partial charge on any atom is 2.00 e. The minimum absolute atomic E-state index is 0. The van der Waals surface area contributed by atoms with Gasteiger partial charge in [-0.25, -0.2) is 12.2 Å². The molecule has 0 nitrogen and oxygen atoms in total. The smallest absolute Gasteiger partial charge is 0.273 e. The molecular formula is C11H16As2Cl2Zr. The molecular weight excluding hydrogens is 444 g/mol. The molecule has 0 fully saturated rings. The average Bonchev–Trinajstić information content (AvgIpc) is 2.75. The van der Waals surface area contributed by atoms with Gasteiger partial charge in [0.1, 0.15) is 0 Å². The van der Waals surface area contributed by atoms with Crippen molar-refractivity contribution in [2.24, 2.45) is 0 Å². The van der Waals surface area contributed by atoms with Crippen molar-refractivity contribution in [3.8, 4) is 0 Å². The summed E-state index contributed by atoms with van der Waals surface area (Å²) in [6, 6.07) is 0. The van der Waals surface area contributed by atoms with Crippen LogP contribution < -0.4 is 0 Å². The molecule has 1 aliphatic carbocycles. The summed E-state index contributed by atoms with van der Waals surface area (Å²) in [7, 11) is 0. The van der Waals surface area contributed by atoms with Crippen LogP contribution in [-0.4, -0.2) is 26.3 Å². The second kappa shape index (κ2) is 13.1. The minimum Gasteiger partial charge on any atom is -0.273 e. The SMILES string of the molecule is CC1=C(C)[C-](C)[As]=[As]1.Cl.Cl.[C-]1=CC=CC1.[Zr+2]. The maximum absolute atomic E-state index is 2.99. The van der Waals surface area contributed by atoms with E-state index in [1.54, 1.807) is 14.6 Å². The zero-order chi connectivity index (χ0) is 9.68. The van der Waals surface area contributed by atoms with Gasteiger partial charge in [-0.05, 0) is 0 Å². The fourth-order valence-corrected chi connectivity index (χ4v) is 9.82. The molecule has 0 N–H and O–H groups in total. The van der Waals surface area contributed by atoms with Gasteiger partial charge in [0.2, 0.25) is 0 Å². The van der Waals surface area contributed by atoms with E-state index >= 15 is 0 Å². The second-order valence-corrected chi connectivity index (χ2v) is 11.0. The largest absolute Gasteiger partial charge is 2.00 e. The Bertz CT molecular complexity index is 286. The van der Waals surface area contributed by atoms with Crippen LogP contribution in [0, 0.1) is 10.8 Å². The Morgan fingerprint density at radius 1 is 1.31 bits per heavy atom. The molecule has 0 atom stereocenters. The Morgan fingerprint density at radius 2 is 1.94 bits per heavy atom. The van der Waals surface area contributed by atoms with Crippen molar-refractivity contribution >= 4 is 51.1 Å². The van der Waals surface area contributed by atoms with E-state index in [0.717, 1.165) is 6.42 Å². The summed E-state index contributed by atoms with van der Waals surface area (Å²) in [5, 5.41) is 0. The monoisotopic (exact) mass is 458 g/mol.